The molecule has 0 aromatic carbocycles. The highest BCUT2D eigenvalue weighted by molar-refractivity contribution is 5.72. The zero-order chi connectivity index (χ0) is 22.6. The minimum absolute atomic E-state index is 0.136. The van der Waals surface area contributed by atoms with Gasteiger partial charge in [0.25, 0.3) is 5.56 Å². The highest BCUT2D eigenvalue weighted by Gasteiger charge is 2.38. The Labute approximate surface area is 170 Å². The molecule has 0 unspecified atom stereocenters. The zero-order valence-electron chi connectivity index (χ0n) is 16.2. The molecule has 2 rings (SSSR count). The number of hydrogen-bond acceptors (Lipinski definition) is 13. The Morgan fingerprint density at radius 1 is 1.33 bits per heavy atom. The summed E-state index contributed by atoms with van der Waals surface area (Å²) in [4.78, 5) is 20.5. The van der Waals surface area contributed by atoms with Crippen LogP contribution in [0.3, 0.4) is 0 Å². The molecular weight excluding hydrogens is 408 g/mol. The van der Waals surface area contributed by atoms with E-state index in [1.54, 1.807) is 0 Å². The lowest BCUT2D eigenvalue weighted by molar-refractivity contribution is -0.178. The molecule has 0 saturated carbocycles. The van der Waals surface area contributed by atoms with Gasteiger partial charge < -0.3 is 50.5 Å². The van der Waals surface area contributed by atoms with E-state index in [2.05, 4.69) is 15.3 Å². The molecule has 1 aliphatic heterocycles. The summed E-state index contributed by atoms with van der Waals surface area (Å²) >= 11 is 0. The van der Waals surface area contributed by atoms with E-state index in [0.717, 1.165) is 10.8 Å². The van der Waals surface area contributed by atoms with Crippen molar-refractivity contribution >= 4 is 17.7 Å². The maximum atomic E-state index is 12.6. The van der Waals surface area contributed by atoms with Gasteiger partial charge in [-0.3, -0.25) is 9.36 Å². The van der Waals surface area contributed by atoms with E-state index < -0.39 is 55.0 Å². The van der Waals surface area contributed by atoms with E-state index in [1.807, 2.05) is 0 Å². The Morgan fingerprint density at radius 3 is 2.60 bits per heavy atom. The molecule has 0 bridgehead atoms. The Balaban J connectivity index is 2.38. The molecule has 1 aromatic rings. The first-order chi connectivity index (χ1) is 14.1. The van der Waals surface area contributed by atoms with E-state index in [4.69, 9.17) is 14.6 Å². The number of anilines is 1. The van der Waals surface area contributed by atoms with Gasteiger partial charge in [0.05, 0.1) is 20.3 Å². The predicted molar refractivity (Wildman–Crippen MR) is 101 cm³/mol. The number of nitrogens with zero attached hydrogens (tertiary/aromatic N) is 3. The molecular formula is C16H26N4O10. The average Bonchev–Trinajstić information content (AvgIpc) is 2.74. The SMILES string of the molecule is COc1nc(N[C@H]2OC[C@@H](O)[C@H](O)[C@H]2O)c(N=C[C@@H](O)[C@H](O)[C@H](O)CO)c(=O)n1C. The number of rotatable bonds is 8. The van der Waals surface area contributed by atoms with Crippen molar-refractivity contribution in [3.8, 4) is 6.01 Å². The molecule has 8 N–H and O–H groups in total. The second kappa shape index (κ2) is 10.2. The van der Waals surface area contributed by atoms with Crippen molar-refractivity contribution < 1.29 is 45.2 Å². The molecule has 0 spiro atoms. The van der Waals surface area contributed by atoms with E-state index in [-0.39, 0.29) is 24.1 Å². The average molecular weight is 434 g/mol. The van der Waals surface area contributed by atoms with Crippen LogP contribution in [0.15, 0.2) is 9.79 Å². The fraction of sp³-hybridized carbons (Fsp3) is 0.688. The molecule has 0 amide bonds. The number of nitrogens with one attached hydrogen (secondary N) is 1. The standard InChI is InChI=1S/C16H26N4O10/c1-20-15(28)9(17-3-6(22)10(25)7(23)4-21)13(19-16(20)29-2)18-14-12(27)11(26)8(24)5-30-14/h3,6-8,10-12,14,18,21-27H,4-5H2,1-2H3/t6-,7-,8-,10+,11+,12-,14+/m1/s1. The largest absolute Gasteiger partial charge is 0.468 e. The van der Waals surface area contributed by atoms with E-state index >= 15 is 0 Å². The Kier molecular flexibility index (Phi) is 8.22. The zero-order valence-corrected chi connectivity index (χ0v) is 16.2. The smallest absolute Gasteiger partial charge is 0.300 e. The number of aliphatic hydroxyl groups is 7. The van der Waals surface area contributed by atoms with Crippen molar-refractivity contribution in [3.63, 3.8) is 0 Å². The first-order valence-electron chi connectivity index (χ1n) is 8.88. The quantitative estimate of drug-likeness (QED) is 0.181. The molecule has 170 valence electrons. The third-order valence-electron chi connectivity index (χ3n) is 4.48. The van der Waals surface area contributed by atoms with Gasteiger partial charge in [0.1, 0.15) is 36.6 Å². The van der Waals surface area contributed by atoms with Crippen LogP contribution in [0.1, 0.15) is 0 Å². The lowest BCUT2D eigenvalue weighted by Crippen LogP contribution is -2.55. The first kappa shape index (κ1) is 24.1. The predicted octanol–water partition coefficient (Wildman–Crippen LogP) is -4.58. The van der Waals surface area contributed by atoms with Gasteiger partial charge in [-0.2, -0.15) is 4.98 Å². The van der Waals surface area contributed by atoms with Gasteiger partial charge in [0.15, 0.2) is 17.7 Å². The number of hydrogen-bond donors (Lipinski definition) is 8. The van der Waals surface area contributed by atoms with Crippen molar-refractivity contribution in [2.24, 2.45) is 12.0 Å². The summed E-state index contributed by atoms with van der Waals surface area (Å²) in [6.07, 6.45) is -10.1. The van der Waals surface area contributed by atoms with Crippen LogP contribution in [0.25, 0.3) is 0 Å². The number of methoxy groups -OCH3 is 1. The van der Waals surface area contributed by atoms with Crippen molar-refractivity contribution in [1.29, 1.82) is 0 Å². The summed E-state index contributed by atoms with van der Waals surface area (Å²) in [5.74, 6) is -0.247. The monoisotopic (exact) mass is 434 g/mol. The molecule has 2 heterocycles. The Hall–Kier alpha value is -2.17. The lowest BCUT2D eigenvalue weighted by atomic mass is 10.0. The molecule has 7 atom stereocenters. The van der Waals surface area contributed by atoms with Crippen molar-refractivity contribution in [2.75, 3.05) is 25.6 Å². The topological polar surface area (TPSA) is 219 Å². The molecule has 14 nitrogen and oxygen atoms in total. The highest BCUT2D eigenvalue weighted by Crippen LogP contribution is 2.25. The number of aliphatic hydroxyl groups excluding tert-OH is 7. The molecule has 14 heteroatoms. The molecule has 0 radical (unpaired) electrons. The van der Waals surface area contributed by atoms with Crippen LogP contribution in [-0.2, 0) is 11.8 Å². The van der Waals surface area contributed by atoms with Gasteiger partial charge >= 0.3 is 6.01 Å². The second-order valence-corrected chi connectivity index (χ2v) is 6.62. The van der Waals surface area contributed by atoms with Crippen LogP contribution >= 0.6 is 0 Å². The van der Waals surface area contributed by atoms with Crippen LogP contribution < -0.4 is 15.6 Å². The third kappa shape index (κ3) is 5.11. The molecule has 1 aromatic heterocycles. The lowest BCUT2D eigenvalue weighted by Gasteiger charge is -2.35. The van der Waals surface area contributed by atoms with Gasteiger partial charge in [-0.1, -0.05) is 0 Å². The summed E-state index contributed by atoms with van der Waals surface area (Å²) in [5, 5.41) is 69.8. The van der Waals surface area contributed by atoms with Crippen LogP contribution in [0.5, 0.6) is 6.01 Å². The minimum Gasteiger partial charge on any atom is -0.468 e. The van der Waals surface area contributed by atoms with Gasteiger partial charge in [0, 0.05) is 13.3 Å². The first-order valence-corrected chi connectivity index (χ1v) is 8.88. The summed E-state index contributed by atoms with van der Waals surface area (Å²) in [7, 11) is 2.60. The highest BCUT2D eigenvalue weighted by atomic mass is 16.5. The Morgan fingerprint density at radius 2 is 2.00 bits per heavy atom. The van der Waals surface area contributed by atoms with Crippen molar-refractivity contribution in [2.45, 2.75) is 42.9 Å². The van der Waals surface area contributed by atoms with Crippen molar-refractivity contribution in [3.05, 3.63) is 10.4 Å². The van der Waals surface area contributed by atoms with Gasteiger partial charge in [-0.25, -0.2) is 4.99 Å². The van der Waals surface area contributed by atoms with Gasteiger partial charge in [-0.15, -0.1) is 0 Å². The molecule has 0 aliphatic carbocycles. The minimum atomic E-state index is -1.77. The second-order valence-electron chi connectivity index (χ2n) is 6.62. The van der Waals surface area contributed by atoms with Crippen LogP contribution in [-0.4, -0.2) is 115 Å². The maximum Gasteiger partial charge on any atom is 0.300 e. The van der Waals surface area contributed by atoms with Crippen LogP contribution in [0, 0.1) is 0 Å². The van der Waals surface area contributed by atoms with Crippen LogP contribution in [0.4, 0.5) is 11.5 Å². The third-order valence-corrected chi connectivity index (χ3v) is 4.48. The summed E-state index contributed by atoms with van der Waals surface area (Å²) in [5.41, 5.74) is -1.12. The fourth-order valence-corrected chi connectivity index (χ4v) is 2.61. The van der Waals surface area contributed by atoms with Gasteiger partial charge in [-0.05, 0) is 0 Å². The van der Waals surface area contributed by atoms with Gasteiger partial charge in [0.2, 0.25) is 0 Å². The summed E-state index contributed by atoms with van der Waals surface area (Å²) < 4.78 is 11.2. The van der Waals surface area contributed by atoms with E-state index in [9.17, 15) is 35.4 Å². The number of aliphatic imine (C=N–C) groups is 1. The molecule has 1 fully saturated rings. The van der Waals surface area contributed by atoms with E-state index in [0.29, 0.717) is 0 Å². The molecule has 1 aliphatic rings. The Bertz CT molecular complexity index is 803. The summed E-state index contributed by atoms with van der Waals surface area (Å²) in [6.45, 7) is -1.11. The van der Waals surface area contributed by atoms with Crippen molar-refractivity contribution in [1.82, 2.24) is 9.55 Å². The summed E-state index contributed by atoms with van der Waals surface area (Å²) in [6, 6.07) is -0.136. The fourth-order valence-electron chi connectivity index (χ4n) is 2.61. The maximum absolute atomic E-state index is 12.6. The number of aromatic nitrogens is 2. The molecule has 1 saturated heterocycles. The number of ether oxygens (including phenoxy) is 2. The van der Waals surface area contributed by atoms with Crippen LogP contribution in [0.2, 0.25) is 0 Å². The normalized spacial score (nSPS) is 27.6. The van der Waals surface area contributed by atoms with E-state index in [1.165, 1.54) is 14.2 Å². The molecule has 30 heavy (non-hydrogen) atoms.